The van der Waals surface area contributed by atoms with Crippen LogP contribution in [0.2, 0.25) is 0 Å². The summed E-state index contributed by atoms with van der Waals surface area (Å²) in [5, 5.41) is 1.16. The summed E-state index contributed by atoms with van der Waals surface area (Å²) in [5.41, 5.74) is 4.53. The van der Waals surface area contributed by atoms with Gasteiger partial charge in [0.15, 0.2) is 0 Å². The van der Waals surface area contributed by atoms with Gasteiger partial charge >= 0.3 is 0 Å². The second kappa shape index (κ2) is 10.5. The fourth-order valence-corrected chi connectivity index (χ4v) is 5.63. The summed E-state index contributed by atoms with van der Waals surface area (Å²) in [4.78, 5) is 20.6. The van der Waals surface area contributed by atoms with Crippen LogP contribution in [0.25, 0.3) is 16.5 Å². The summed E-state index contributed by atoms with van der Waals surface area (Å²) in [6, 6.07) is 14.4. The predicted octanol–water partition coefficient (Wildman–Crippen LogP) is 6.63. The first-order valence-electron chi connectivity index (χ1n) is 12.6. The van der Waals surface area contributed by atoms with Gasteiger partial charge in [0.05, 0.1) is 17.9 Å². The van der Waals surface area contributed by atoms with Gasteiger partial charge in [0.25, 0.3) is 0 Å². The third-order valence-electron chi connectivity index (χ3n) is 7.49. The van der Waals surface area contributed by atoms with Crippen LogP contribution in [-0.4, -0.2) is 35.3 Å². The van der Waals surface area contributed by atoms with Gasteiger partial charge in [-0.1, -0.05) is 49.6 Å². The molecule has 5 rings (SSSR count). The minimum Gasteiger partial charge on any atom is -0.464 e. The molecule has 4 heteroatoms. The highest BCUT2D eigenvalue weighted by Crippen LogP contribution is 2.33. The van der Waals surface area contributed by atoms with E-state index in [9.17, 15) is 4.79 Å². The molecule has 0 amide bonds. The smallest absolute Gasteiger partial charge is 0.145 e. The molecule has 0 N–H and O–H groups in total. The molecule has 0 spiro atoms. The van der Waals surface area contributed by atoms with Crippen molar-refractivity contribution in [3.8, 4) is 0 Å². The molecule has 1 unspecified atom stereocenters. The molecule has 1 fully saturated rings. The number of aromatic nitrogens is 1. The molecule has 2 aliphatic rings. The molecule has 1 aliphatic heterocycles. The zero-order valence-electron chi connectivity index (χ0n) is 19.4. The van der Waals surface area contributed by atoms with Crippen molar-refractivity contribution in [1.29, 1.82) is 0 Å². The largest absolute Gasteiger partial charge is 0.464 e. The van der Waals surface area contributed by atoms with E-state index < -0.39 is 0 Å². The second-order valence-electron chi connectivity index (χ2n) is 9.59. The zero-order chi connectivity index (χ0) is 22.5. The van der Waals surface area contributed by atoms with E-state index in [-0.39, 0.29) is 11.8 Å². The van der Waals surface area contributed by atoms with Gasteiger partial charge in [-0.2, -0.15) is 0 Å². The molecule has 1 saturated carbocycles. The maximum Gasteiger partial charge on any atom is 0.145 e. The van der Waals surface area contributed by atoms with Crippen LogP contribution in [0.5, 0.6) is 0 Å². The van der Waals surface area contributed by atoms with Gasteiger partial charge in [-0.05, 0) is 62.4 Å². The van der Waals surface area contributed by atoms with Gasteiger partial charge in [-0.25, -0.2) is 0 Å². The Kier molecular flexibility index (Phi) is 7.01. The minimum atomic E-state index is -0.0816. The van der Waals surface area contributed by atoms with Crippen molar-refractivity contribution in [1.82, 2.24) is 9.88 Å². The summed E-state index contributed by atoms with van der Waals surface area (Å²) in [5.74, 6) is 0.560. The molecule has 33 heavy (non-hydrogen) atoms. The van der Waals surface area contributed by atoms with E-state index in [1.54, 1.807) is 6.26 Å². The Labute approximate surface area is 196 Å². The number of ketones is 1. The summed E-state index contributed by atoms with van der Waals surface area (Å²) < 4.78 is 5.78. The number of Topliss-reactive ketones (excluding diaryl/α,β-unsaturated/α-hetero) is 1. The molecule has 1 aliphatic carbocycles. The molecular weight excluding hydrogens is 408 g/mol. The van der Waals surface area contributed by atoms with E-state index >= 15 is 0 Å². The van der Waals surface area contributed by atoms with Crippen LogP contribution < -0.4 is 0 Å². The van der Waals surface area contributed by atoms with Crippen LogP contribution in [0.15, 0.2) is 65.4 Å². The van der Waals surface area contributed by atoms with Crippen LogP contribution in [-0.2, 0) is 4.79 Å². The Morgan fingerprint density at radius 1 is 1.06 bits per heavy atom. The second-order valence-corrected chi connectivity index (χ2v) is 9.59. The summed E-state index contributed by atoms with van der Waals surface area (Å²) in [6.07, 6.45) is 14.6. The average Bonchev–Trinajstić information content (AvgIpc) is 3.24. The number of fused-ring (bicyclic) bond motifs is 1. The lowest BCUT2D eigenvalue weighted by Gasteiger charge is -2.27. The number of benzene rings is 1. The van der Waals surface area contributed by atoms with Crippen LogP contribution in [0, 0.1) is 5.92 Å². The number of rotatable bonds is 7. The number of hydrogen-bond donors (Lipinski definition) is 0. The summed E-state index contributed by atoms with van der Waals surface area (Å²) in [6.45, 7) is 2.98. The lowest BCUT2D eigenvalue weighted by atomic mass is 9.79. The highest BCUT2D eigenvalue weighted by Gasteiger charge is 2.30. The highest BCUT2D eigenvalue weighted by molar-refractivity contribution is 5.90. The number of pyridine rings is 1. The Bertz CT molecular complexity index is 1100. The summed E-state index contributed by atoms with van der Waals surface area (Å²) >= 11 is 0. The number of para-hydroxylation sites is 1. The molecule has 3 aromatic rings. The first kappa shape index (κ1) is 22.1. The normalized spacial score (nSPS) is 19.2. The van der Waals surface area contributed by atoms with Crippen molar-refractivity contribution >= 4 is 22.3 Å². The topological polar surface area (TPSA) is 46.3 Å². The molecule has 1 aromatic carbocycles. The first-order chi connectivity index (χ1) is 16.3. The third kappa shape index (κ3) is 5.11. The quantitative estimate of drug-likeness (QED) is 0.412. The zero-order valence-corrected chi connectivity index (χ0v) is 19.4. The molecule has 1 atom stereocenters. The van der Waals surface area contributed by atoms with Crippen molar-refractivity contribution in [3.05, 3.63) is 72.3 Å². The van der Waals surface area contributed by atoms with Crippen molar-refractivity contribution in [2.24, 2.45) is 5.92 Å². The molecular formula is C29H34N2O2. The molecule has 2 aromatic heterocycles. The maximum absolute atomic E-state index is 13.5. The predicted molar refractivity (Wildman–Crippen MR) is 133 cm³/mol. The van der Waals surface area contributed by atoms with Crippen molar-refractivity contribution in [3.63, 3.8) is 0 Å². The van der Waals surface area contributed by atoms with E-state index in [0.29, 0.717) is 5.78 Å². The van der Waals surface area contributed by atoms with E-state index in [1.807, 2.05) is 30.5 Å². The first-order valence-corrected chi connectivity index (χ1v) is 12.6. The molecule has 3 heterocycles. The molecule has 0 saturated heterocycles. The van der Waals surface area contributed by atoms with Crippen molar-refractivity contribution in [2.45, 2.75) is 57.3 Å². The number of hydrogen-bond acceptors (Lipinski definition) is 4. The van der Waals surface area contributed by atoms with E-state index in [2.05, 4.69) is 34.2 Å². The third-order valence-corrected chi connectivity index (χ3v) is 7.49. The number of nitrogens with zero attached hydrogens (tertiary/aromatic N) is 2. The molecule has 172 valence electrons. The van der Waals surface area contributed by atoms with E-state index in [0.717, 1.165) is 68.4 Å². The summed E-state index contributed by atoms with van der Waals surface area (Å²) in [7, 11) is 0. The van der Waals surface area contributed by atoms with Gasteiger partial charge in [0, 0.05) is 36.2 Å². The van der Waals surface area contributed by atoms with Gasteiger partial charge in [-0.15, -0.1) is 0 Å². The van der Waals surface area contributed by atoms with E-state index in [1.165, 1.54) is 30.4 Å². The SMILES string of the molecule is O=C(C1CCCCC1)C(CCN1CCC=C(c2cccc3ccoc23)CC1)c1ccccn1. The fraction of sp³-hybridized carbons (Fsp3) is 0.448. The standard InChI is InChI=1S/C29H34N2O2/c32-28(23-8-2-1-3-9-23)26(27-13-4-5-17-30-27)15-20-31-18-7-11-22(14-19-31)25-12-6-10-24-16-21-33-29(24)25/h4-6,10-13,16-17,21,23,26H,1-3,7-9,14-15,18-20H2. The highest BCUT2D eigenvalue weighted by atomic mass is 16.3. The fourth-order valence-electron chi connectivity index (χ4n) is 5.63. The molecule has 0 radical (unpaired) electrons. The minimum absolute atomic E-state index is 0.0816. The molecule has 0 bridgehead atoms. The van der Waals surface area contributed by atoms with Gasteiger partial charge in [-0.3, -0.25) is 9.78 Å². The van der Waals surface area contributed by atoms with Crippen LogP contribution >= 0.6 is 0 Å². The Balaban J connectivity index is 1.25. The number of carbonyl (C=O) groups excluding carboxylic acids is 1. The Hall–Kier alpha value is -2.72. The van der Waals surface area contributed by atoms with Crippen LogP contribution in [0.3, 0.4) is 0 Å². The van der Waals surface area contributed by atoms with Crippen molar-refractivity contribution in [2.75, 3.05) is 19.6 Å². The van der Waals surface area contributed by atoms with Crippen LogP contribution in [0.4, 0.5) is 0 Å². The molecule has 4 nitrogen and oxygen atoms in total. The average molecular weight is 443 g/mol. The number of furan rings is 1. The van der Waals surface area contributed by atoms with Crippen LogP contribution in [0.1, 0.15) is 68.5 Å². The Morgan fingerprint density at radius 3 is 2.82 bits per heavy atom. The lowest BCUT2D eigenvalue weighted by Crippen LogP contribution is -2.31. The monoisotopic (exact) mass is 442 g/mol. The van der Waals surface area contributed by atoms with Crippen molar-refractivity contribution < 1.29 is 9.21 Å². The Morgan fingerprint density at radius 2 is 1.97 bits per heavy atom. The lowest BCUT2D eigenvalue weighted by molar-refractivity contribution is -0.125. The van der Waals surface area contributed by atoms with Gasteiger partial charge < -0.3 is 9.32 Å². The van der Waals surface area contributed by atoms with Gasteiger partial charge in [0.1, 0.15) is 11.4 Å². The maximum atomic E-state index is 13.5. The van der Waals surface area contributed by atoms with E-state index in [4.69, 9.17) is 4.42 Å². The number of carbonyl (C=O) groups is 1. The van der Waals surface area contributed by atoms with Gasteiger partial charge in [0.2, 0.25) is 0 Å².